The molecule has 0 aliphatic carbocycles. The van der Waals surface area contributed by atoms with Gasteiger partial charge in [-0.15, -0.1) is 0 Å². The van der Waals surface area contributed by atoms with Crippen LogP contribution >= 0.6 is 0 Å². The molecule has 80 valence electrons. The Bertz CT molecular complexity index is 197. The van der Waals surface area contributed by atoms with E-state index in [1.54, 1.807) is 14.2 Å². The van der Waals surface area contributed by atoms with Crippen LogP contribution in [0.15, 0.2) is 30.3 Å². The van der Waals surface area contributed by atoms with E-state index in [0.717, 1.165) is 18.8 Å². The SMILES string of the molecule is CCCCOc1ccccc1.COC. The molecular formula is C12H20O2. The number of ether oxygens (including phenoxy) is 2. The van der Waals surface area contributed by atoms with E-state index in [1.807, 2.05) is 30.3 Å². The number of hydrogen-bond donors (Lipinski definition) is 0. The molecule has 0 spiro atoms. The monoisotopic (exact) mass is 196 g/mol. The van der Waals surface area contributed by atoms with Crippen molar-refractivity contribution < 1.29 is 9.47 Å². The lowest BCUT2D eigenvalue weighted by molar-refractivity contribution is 0.277. The van der Waals surface area contributed by atoms with Gasteiger partial charge in [-0.25, -0.2) is 0 Å². The van der Waals surface area contributed by atoms with E-state index in [2.05, 4.69) is 11.7 Å². The molecule has 1 rings (SSSR count). The minimum absolute atomic E-state index is 0.834. The molecule has 0 aromatic heterocycles. The summed E-state index contributed by atoms with van der Waals surface area (Å²) in [6.07, 6.45) is 2.32. The maximum Gasteiger partial charge on any atom is 0.119 e. The molecule has 14 heavy (non-hydrogen) atoms. The van der Waals surface area contributed by atoms with Gasteiger partial charge in [0.05, 0.1) is 6.61 Å². The van der Waals surface area contributed by atoms with Crippen molar-refractivity contribution in [1.82, 2.24) is 0 Å². The van der Waals surface area contributed by atoms with E-state index in [4.69, 9.17) is 4.74 Å². The summed E-state index contributed by atoms with van der Waals surface area (Å²) in [5.74, 6) is 0.973. The Balaban J connectivity index is 0.000000500. The van der Waals surface area contributed by atoms with E-state index >= 15 is 0 Å². The Hall–Kier alpha value is -1.02. The second-order valence-electron chi connectivity index (χ2n) is 2.92. The first-order chi connectivity index (χ1) is 6.85. The minimum atomic E-state index is 0.834. The van der Waals surface area contributed by atoms with Gasteiger partial charge in [0, 0.05) is 14.2 Å². The van der Waals surface area contributed by atoms with E-state index in [-0.39, 0.29) is 0 Å². The summed E-state index contributed by atoms with van der Waals surface area (Å²) in [6.45, 7) is 2.99. The third-order valence-electron chi connectivity index (χ3n) is 1.51. The lowest BCUT2D eigenvalue weighted by Crippen LogP contribution is -1.95. The van der Waals surface area contributed by atoms with Gasteiger partial charge in [0.25, 0.3) is 0 Å². The first-order valence-corrected chi connectivity index (χ1v) is 4.93. The third-order valence-corrected chi connectivity index (χ3v) is 1.51. The van der Waals surface area contributed by atoms with Gasteiger partial charge in [-0.3, -0.25) is 0 Å². The molecule has 0 aliphatic heterocycles. The molecular weight excluding hydrogens is 176 g/mol. The van der Waals surface area contributed by atoms with Crippen molar-refractivity contribution in [2.24, 2.45) is 0 Å². The minimum Gasteiger partial charge on any atom is -0.494 e. The van der Waals surface area contributed by atoms with Crippen LogP contribution in [0, 0.1) is 0 Å². The van der Waals surface area contributed by atoms with Gasteiger partial charge < -0.3 is 9.47 Å². The summed E-state index contributed by atoms with van der Waals surface area (Å²) in [4.78, 5) is 0. The molecule has 0 amide bonds. The van der Waals surface area contributed by atoms with Gasteiger partial charge in [-0.05, 0) is 18.6 Å². The van der Waals surface area contributed by atoms with E-state index < -0.39 is 0 Å². The molecule has 2 heteroatoms. The summed E-state index contributed by atoms with van der Waals surface area (Å²) in [5.41, 5.74) is 0. The fourth-order valence-corrected chi connectivity index (χ4v) is 0.851. The second kappa shape index (κ2) is 10.1. The predicted octanol–water partition coefficient (Wildman–Crippen LogP) is 3.13. The van der Waals surface area contributed by atoms with Gasteiger partial charge >= 0.3 is 0 Å². The molecule has 0 aliphatic rings. The predicted molar refractivity (Wildman–Crippen MR) is 59.8 cm³/mol. The highest BCUT2D eigenvalue weighted by Gasteiger charge is 1.88. The van der Waals surface area contributed by atoms with E-state index in [9.17, 15) is 0 Å². The molecule has 0 fully saturated rings. The number of unbranched alkanes of at least 4 members (excludes halogenated alkanes) is 1. The van der Waals surface area contributed by atoms with E-state index in [1.165, 1.54) is 6.42 Å². The van der Waals surface area contributed by atoms with Crippen LogP contribution in [0.3, 0.4) is 0 Å². The Morgan fingerprint density at radius 2 is 1.64 bits per heavy atom. The number of hydrogen-bond acceptors (Lipinski definition) is 2. The fraction of sp³-hybridized carbons (Fsp3) is 0.500. The zero-order chi connectivity index (χ0) is 10.6. The molecule has 0 saturated carbocycles. The van der Waals surface area contributed by atoms with Crippen LogP contribution in [-0.4, -0.2) is 20.8 Å². The summed E-state index contributed by atoms with van der Waals surface area (Å²) in [7, 11) is 3.25. The van der Waals surface area contributed by atoms with Crippen LogP contribution in [0.5, 0.6) is 5.75 Å². The highest BCUT2D eigenvalue weighted by Crippen LogP contribution is 2.08. The topological polar surface area (TPSA) is 18.5 Å². The molecule has 0 N–H and O–H groups in total. The van der Waals surface area contributed by atoms with Crippen molar-refractivity contribution in [3.8, 4) is 5.75 Å². The van der Waals surface area contributed by atoms with Crippen LogP contribution in [0.25, 0.3) is 0 Å². The number of para-hydroxylation sites is 1. The average Bonchev–Trinajstić information content (AvgIpc) is 2.21. The van der Waals surface area contributed by atoms with Gasteiger partial charge in [0.2, 0.25) is 0 Å². The Morgan fingerprint density at radius 1 is 1.07 bits per heavy atom. The summed E-state index contributed by atoms with van der Waals surface area (Å²) in [5, 5.41) is 0. The van der Waals surface area contributed by atoms with E-state index in [0.29, 0.717) is 0 Å². The van der Waals surface area contributed by atoms with Crippen molar-refractivity contribution >= 4 is 0 Å². The maximum atomic E-state index is 5.45. The second-order valence-corrected chi connectivity index (χ2v) is 2.92. The zero-order valence-corrected chi connectivity index (χ0v) is 9.32. The lowest BCUT2D eigenvalue weighted by atomic mass is 10.3. The normalized spacial score (nSPS) is 8.79. The number of benzene rings is 1. The van der Waals surface area contributed by atoms with Crippen molar-refractivity contribution in [1.29, 1.82) is 0 Å². The molecule has 2 nitrogen and oxygen atoms in total. The fourth-order valence-electron chi connectivity index (χ4n) is 0.851. The number of rotatable bonds is 4. The molecule has 0 bridgehead atoms. The van der Waals surface area contributed by atoms with Crippen molar-refractivity contribution in [3.05, 3.63) is 30.3 Å². The average molecular weight is 196 g/mol. The van der Waals surface area contributed by atoms with Crippen LogP contribution in [0.1, 0.15) is 19.8 Å². The highest BCUT2D eigenvalue weighted by molar-refractivity contribution is 5.20. The molecule has 0 unspecified atom stereocenters. The van der Waals surface area contributed by atoms with Crippen molar-refractivity contribution in [2.45, 2.75) is 19.8 Å². The lowest BCUT2D eigenvalue weighted by Gasteiger charge is -2.03. The van der Waals surface area contributed by atoms with Gasteiger partial charge in [-0.2, -0.15) is 0 Å². The molecule has 1 aromatic carbocycles. The highest BCUT2D eigenvalue weighted by atomic mass is 16.5. The maximum absolute atomic E-state index is 5.45. The van der Waals surface area contributed by atoms with Gasteiger partial charge in [0.1, 0.15) is 5.75 Å². The van der Waals surface area contributed by atoms with Gasteiger partial charge in [-0.1, -0.05) is 31.5 Å². The molecule has 0 heterocycles. The summed E-state index contributed by atoms with van der Waals surface area (Å²) in [6, 6.07) is 9.93. The van der Waals surface area contributed by atoms with Crippen LogP contribution in [0.2, 0.25) is 0 Å². The quantitative estimate of drug-likeness (QED) is 0.689. The first-order valence-electron chi connectivity index (χ1n) is 4.93. The first kappa shape index (κ1) is 13.0. The third kappa shape index (κ3) is 7.62. The molecule has 0 saturated heterocycles. The Morgan fingerprint density at radius 3 is 2.14 bits per heavy atom. The van der Waals surface area contributed by atoms with Crippen LogP contribution in [0.4, 0.5) is 0 Å². The summed E-state index contributed by atoms with van der Waals surface area (Å²) < 4.78 is 9.70. The summed E-state index contributed by atoms with van der Waals surface area (Å²) >= 11 is 0. The van der Waals surface area contributed by atoms with Crippen molar-refractivity contribution in [2.75, 3.05) is 20.8 Å². The van der Waals surface area contributed by atoms with Crippen LogP contribution in [-0.2, 0) is 4.74 Å². The standard InChI is InChI=1S/C10H14O.C2H6O/c1-2-3-9-11-10-7-5-4-6-8-10;1-3-2/h4-8H,2-3,9H2,1H3;1-2H3. The zero-order valence-electron chi connectivity index (χ0n) is 9.32. The largest absolute Gasteiger partial charge is 0.494 e. The van der Waals surface area contributed by atoms with Gasteiger partial charge in [0.15, 0.2) is 0 Å². The van der Waals surface area contributed by atoms with Crippen LogP contribution < -0.4 is 4.74 Å². The number of methoxy groups -OCH3 is 1. The smallest absolute Gasteiger partial charge is 0.119 e. The molecule has 0 atom stereocenters. The molecule has 0 radical (unpaired) electrons. The molecule has 1 aromatic rings. The Labute approximate surface area is 86.9 Å². The Kier molecular flexibility index (Phi) is 9.33. The van der Waals surface area contributed by atoms with Crippen molar-refractivity contribution in [3.63, 3.8) is 0 Å².